The highest BCUT2D eigenvalue weighted by Gasteiger charge is 2.05. The van der Waals surface area contributed by atoms with E-state index in [9.17, 15) is 0 Å². The van der Waals surface area contributed by atoms with Crippen LogP contribution < -0.4 is 0 Å². The summed E-state index contributed by atoms with van der Waals surface area (Å²) in [5, 5.41) is 0. The predicted molar refractivity (Wildman–Crippen MR) is 61.1 cm³/mol. The molecule has 0 radical (unpaired) electrons. The molecule has 0 heterocycles. The summed E-state index contributed by atoms with van der Waals surface area (Å²) >= 11 is 3.43. The predicted octanol–water partition coefficient (Wildman–Crippen LogP) is 3.11. The number of hydrogen-bond acceptors (Lipinski definition) is 1. The zero-order valence-electron chi connectivity index (χ0n) is 8.42. The van der Waals surface area contributed by atoms with Crippen LogP contribution in [0, 0.1) is 0 Å². The van der Waals surface area contributed by atoms with Gasteiger partial charge in [-0.15, -0.1) is 0 Å². The van der Waals surface area contributed by atoms with Crippen molar-refractivity contribution >= 4 is 15.9 Å². The molecule has 1 atom stereocenters. The van der Waals surface area contributed by atoms with Gasteiger partial charge in [-0.2, -0.15) is 0 Å². The van der Waals surface area contributed by atoms with Gasteiger partial charge in [0.05, 0.1) is 0 Å². The second kappa shape index (κ2) is 4.77. The highest BCUT2D eigenvalue weighted by atomic mass is 79.9. The zero-order chi connectivity index (χ0) is 9.84. The van der Waals surface area contributed by atoms with Crippen molar-refractivity contribution in [3.05, 3.63) is 34.3 Å². The lowest BCUT2D eigenvalue weighted by Crippen LogP contribution is -2.18. The van der Waals surface area contributed by atoms with Gasteiger partial charge in [0.2, 0.25) is 0 Å². The van der Waals surface area contributed by atoms with Crippen molar-refractivity contribution in [3.8, 4) is 0 Å². The highest BCUT2D eigenvalue weighted by molar-refractivity contribution is 9.10. The standard InChI is InChI=1S/C11H16BrN/c1-9(8-13(2)3)10-4-6-11(12)7-5-10/h4-7,9H,8H2,1-3H3/t9-/m0/s1. The van der Waals surface area contributed by atoms with E-state index in [-0.39, 0.29) is 0 Å². The fourth-order valence-electron chi connectivity index (χ4n) is 1.44. The Balaban J connectivity index is 2.66. The van der Waals surface area contributed by atoms with Crippen molar-refractivity contribution in [2.45, 2.75) is 12.8 Å². The Labute approximate surface area is 88.9 Å². The fraction of sp³-hybridized carbons (Fsp3) is 0.455. The van der Waals surface area contributed by atoms with Gasteiger partial charge in [-0.3, -0.25) is 0 Å². The van der Waals surface area contributed by atoms with Crippen molar-refractivity contribution in [2.24, 2.45) is 0 Å². The van der Waals surface area contributed by atoms with E-state index in [1.165, 1.54) is 5.56 Å². The molecular weight excluding hydrogens is 226 g/mol. The molecule has 1 nitrogen and oxygen atoms in total. The SMILES string of the molecule is C[C@@H](CN(C)C)c1ccc(Br)cc1. The summed E-state index contributed by atoms with van der Waals surface area (Å²) in [5.74, 6) is 0.600. The number of likely N-dealkylation sites (N-methyl/N-ethyl adjacent to an activating group) is 1. The minimum Gasteiger partial charge on any atom is -0.309 e. The van der Waals surface area contributed by atoms with Crippen LogP contribution in [0.15, 0.2) is 28.7 Å². The molecule has 0 fully saturated rings. The highest BCUT2D eigenvalue weighted by Crippen LogP contribution is 2.18. The van der Waals surface area contributed by atoms with E-state index in [0.717, 1.165) is 11.0 Å². The van der Waals surface area contributed by atoms with Crippen molar-refractivity contribution in [2.75, 3.05) is 20.6 Å². The third-order valence-corrected chi connectivity index (χ3v) is 2.61. The molecule has 0 aromatic heterocycles. The summed E-state index contributed by atoms with van der Waals surface area (Å²) in [5.41, 5.74) is 1.40. The number of rotatable bonds is 3. The van der Waals surface area contributed by atoms with E-state index in [1.54, 1.807) is 0 Å². The van der Waals surface area contributed by atoms with Crippen molar-refractivity contribution in [3.63, 3.8) is 0 Å². The lowest BCUT2D eigenvalue weighted by atomic mass is 10.0. The van der Waals surface area contributed by atoms with Crippen LogP contribution in [0.2, 0.25) is 0 Å². The second-order valence-corrected chi connectivity index (χ2v) is 4.63. The molecule has 0 spiro atoms. The van der Waals surface area contributed by atoms with Gasteiger partial charge in [0.1, 0.15) is 0 Å². The van der Waals surface area contributed by atoms with Gasteiger partial charge in [0.25, 0.3) is 0 Å². The normalized spacial score (nSPS) is 13.3. The Kier molecular flexibility index (Phi) is 3.94. The average molecular weight is 242 g/mol. The molecule has 0 bridgehead atoms. The van der Waals surface area contributed by atoms with E-state index in [4.69, 9.17) is 0 Å². The molecule has 0 aliphatic heterocycles. The Morgan fingerprint density at radius 2 is 1.77 bits per heavy atom. The summed E-state index contributed by atoms with van der Waals surface area (Å²) in [6.07, 6.45) is 0. The Bertz CT molecular complexity index is 253. The van der Waals surface area contributed by atoms with Gasteiger partial charge in [0, 0.05) is 11.0 Å². The molecule has 0 saturated heterocycles. The molecule has 0 saturated carbocycles. The molecule has 0 amide bonds. The van der Waals surface area contributed by atoms with Gasteiger partial charge in [-0.1, -0.05) is 35.0 Å². The van der Waals surface area contributed by atoms with Crippen LogP contribution in [0.4, 0.5) is 0 Å². The molecule has 0 unspecified atom stereocenters. The molecule has 2 heteroatoms. The maximum atomic E-state index is 3.43. The minimum atomic E-state index is 0.600. The largest absolute Gasteiger partial charge is 0.309 e. The first-order valence-electron chi connectivity index (χ1n) is 4.50. The summed E-state index contributed by atoms with van der Waals surface area (Å²) in [4.78, 5) is 2.21. The fourth-order valence-corrected chi connectivity index (χ4v) is 1.71. The van der Waals surface area contributed by atoms with Crippen LogP contribution in [0.25, 0.3) is 0 Å². The Morgan fingerprint density at radius 1 is 1.23 bits per heavy atom. The summed E-state index contributed by atoms with van der Waals surface area (Å²) < 4.78 is 1.15. The van der Waals surface area contributed by atoms with Gasteiger partial charge < -0.3 is 4.90 Å². The molecule has 72 valence electrons. The second-order valence-electron chi connectivity index (χ2n) is 3.71. The molecule has 0 aliphatic rings. The van der Waals surface area contributed by atoms with E-state index in [2.05, 4.69) is 66.1 Å². The Hall–Kier alpha value is -0.340. The minimum absolute atomic E-state index is 0.600. The monoisotopic (exact) mass is 241 g/mol. The molecule has 13 heavy (non-hydrogen) atoms. The van der Waals surface area contributed by atoms with Crippen LogP contribution in [-0.2, 0) is 0 Å². The molecular formula is C11H16BrN. The van der Waals surface area contributed by atoms with Crippen molar-refractivity contribution in [1.82, 2.24) is 4.90 Å². The number of benzene rings is 1. The van der Waals surface area contributed by atoms with Gasteiger partial charge >= 0.3 is 0 Å². The van der Waals surface area contributed by atoms with Crippen molar-refractivity contribution < 1.29 is 0 Å². The van der Waals surface area contributed by atoms with Crippen molar-refractivity contribution in [1.29, 1.82) is 0 Å². The Morgan fingerprint density at radius 3 is 2.23 bits per heavy atom. The van der Waals surface area contributed by atoms with E-state index < -0.39 is 0 Å². The van der Waals surface area contributed by atoms with Crippen LogP contribution in [0.5, 0.6) is 0 Å². The van der Waals surface area contributed by atoms with Crippen LogP contribution >= 0.6 is 15.9 Å². The first-order chi connectivity index (χ1) is 6.09. The average Bonchev–Trinajstić information content (AvgIpc) is 2.04. The molecule has 1 aromatic rings. The summed E-state index contributed by atoms with van der Waals surface area (Å²) in [6, 6.07) is 8.56. The van der Waals surface area contributed by atoms with E-state index in [0.29, 0.717) is 5.92 Å². The topological polar surface area (TPSA) is 3.24 Å². The maximum absolute atomic E-state index is 3.43. The van der Waals surface area contributed by atoms with Gasteiger partial charge in [-0.25, -0.2) is 0 Å². The number of nitrogens with zero attached hydrogens (tertiary/aromatic N) is 1. The van der Waals surface area contributed by atoms with Crippen LogP contribution in [0.1, 0.15) is 18.4 Å². The summed E-state index contributed by atoms with van der Waals surface area (Å²) in [7, 11) is 4.21. The third-order valence-electron chi connectivity index (χ3n) is 2.08. The summed E-state index contributed by atoms with van der Waals surface area (Å²) in [6.45, 7) is 3.35. The molecule has 0 N–H and O–H groups in total. The molecule has 1 rings (SSSR count). The van der Waals surface area contributed by atoms with E-state index >= 15 is 0 Å². The quantitative estimate of drug-likeness (QED) is 0.787. The lowest BCUT2D eigenvalue weighted by molar-refractivity contribution is 0.383. The van der Waals surface area contributed by atoms with E-state index in [1.807, 2.05) is 0 Å². The van der Waals surface area contributed by atoms with Gasteiger partial charge in [0.15, 0.2) is 0 Å². The smallest absolute Gasteiger partial charge is 0.0175 e. The third kappa shape index (κ3) is 3.49. The maximum Gasteiger partial charge on any atom is 0.0175 e. The van der Waals surface area contributed by atoms with Crippen LogP contribution in [-0.4, -0.2) is 25.5 Å². The lowest BCUT2D eigenvalue weighted by Gasteiger charge is -2.17. The number of halogens is 1. The number of hydrogen-bond donors (Lipinski definition) is 0. The molecule has 1 aromatic carbocycles. The molecule has 0 aliphatic carbocycles. The zero-order valence-corrected chi connectivity index (χ0v) is 10.0. The first kappa shape index (κ1) is 10.7. The van der Waals surface area contributed by atoms with Crippen LogP contribution in [0.3, 0.4) is 0 Å². The first-order valence-corrected chi connectivity index (χ1v) is 5.29. The van der Waals surface area contributed by atoms with Gasteiger partial charge in [-0.05, 0) is 37.7 Å².